The molecule has 1 saturated carbocycles. The summed E-state index contributed by atoms with van der Waals surface area (Å²) in [6.07, 6.45) is 6.24. The van der Waals surface area contributed by atoms with Crippen molar-refractivity contribution < 1.29 is 9.59 Å². The number of hydrogen-bond donors (Lipinski definition) is 1. The van der Waals surface area contributed by atoms with Gasteiger partial charge in [-0.25, -0.2) is 4.98 Å². The van der Waals surface area contributed by atoms with Gasteiger partial charge in [-0.3, -0.25) is 9.59 Å². The third-order valence-electron chi connectivity index (χ3n) is 5.05. The number of rotatable bonds is 3. The van der Waals surface area contributed by atoms with E-state index < -0.39 is 0 Å². The molecule has 1 aromatic carbocycles. The van der Waals surface area contributed by atoms with Gasteiger partial charge in [-0.05, 0) is 37.5 Å². The first-order valence-electron chi connectivity index (χ1n) is 8.98. The monoisotopic (exact) mass is 347 g/mol. The fourth-order valence-corrected chi connectivity index (χ4v) is 3.54. The van der Waals surface area contributed by atoms with Gasteiger partial charge in [0.05, 0.1) is 11.4 Å². The average Bonchev–Trinajstić information content (AvgIpc) is 3.08. The number of carbonyl (C=O) groups excluding carboxylic acids is 2. The maximum Gasteiger partial charge on any atom is 0.227 e. The molecule has 0 atom stereocenters. The highest BCUT2D eigenvalue weighted by Crippen LogP contribution is 2.30. The van der Waals surface area contributed by atoms with Crippen LogP contribution in [0.4, 0.5) is 5.69 Å². The fourth-order valence-electron chi connectivity index (χ4n) is 3.54. The van der Waals surface area contributed by atoms with E-state index in [0.29, 0.717) is 25.7 Å². The van der Waals surface area contributed by atoms with E-state index in [4.69, 9.17) is 4.98 Å². The minimum atomic E-state index is -0.0935. The Kier molecular flexibility index (Phi) is 4.29. The molecule has 0 spiro atoms. The van der Waals surface area contributed by atoms with Crippen LogP contribution in [-0.2, 0) is 9.59 Å². The number of carbonyl (C=O) groups is 2. The predicted molar refractivity (Wildman–Crippen MR) is 101 cm³/mol. The van der Waals surface area contributed by atoms with E-state index in [1.54, 1.807) is 0 Å². The number of ketones is 1. The Morgan fingerprint density at radius 1 is 1.15 bits per heavy atom. The molecule has 2 heterocycles. The van der Waals surface area contributed by atoms with Crippen molar-refractivity contribution >= 4 is 23.0 Å². The van der Waals surface area contributed by atoms with Gasteiger partial charge in [0.1, 0.15) is 11.4 Å². The zero-order chi connectivity index (χ0) is 18.1. The van der Waals surface area contributed by atoms with Crippen LogP contribution in [0.1, 0.15) is 31.2 Å². The first kappa shape index (κ1) is 16.5. The molecule has 132 valence electrons. The quantitative estimate of drug-likeness (QED) is 0.779. The molecule has 1 N–H and O–H groups in total. The molecule has 3 aromatic rings. The topological polar surface area (TPSA) is 63.5 Å². The Balaban J connectivity index is 1.63. The number of aryl methyl sites for hydroxylation is 1. The van der Waals surface area contributed by atoms with Crippen LogP contribution in [0.25, 0.3) is 16.9 Å². The lowest BCUT2D eigenvalue weighted by Crippen LogP contribution is -2.27. The van der Waals surface area contributed by atoms with Crippen LogP contribution in [0.5, 0.6) is 0 Å². The van der Waals surface area contributed by atoms with Crippen molar-refractivity contribution in [2.24, 2.45) is 5.92 Å². The van der Waals surface area contributed by atoms with Crippen molar-refractivity contribution in [3.05, 3.63) is 54.4 Å². The number of para-hydroxylation sites is 1. The number of hydrogen-bond acceptors (Lipinski definition) is 3. The normalized spacial score (nSPS) is 15.3. The Morgan fingerprint density at radius 2 is 1.92 bits per heavy atom. The van der Waals surface area contributed by atoms with Crippen molar-refractivity contribution in [1.29, 1.82) is 0 Å². The lowest BCUT2D eigenvalue weighted by molar-refractivity contribution is -0.125. The summed E-state index contributed by atoms with van der Waals surface area (Å²) in [5.41, 5.74) is 4.50. The summed E-state index contributed by atoms with van der Waals surface area (Å²) in [6, 6.07) is 11.7. The summed E-state index contributed by atoms with van der Waals surface area (Å²) in [5, 5.41) is 3.05. The number of anilines is 1. The summed E-state index contributed by atoms with van der Waals surface area (Å²) in [6.45, 7) is 2.03. The van der Waals surface area contributed by atoms with Crippen molar-refractivity contribution in [2.75, 3.05) is 5.32 Å². The fraction of sp³-hybridized carbons (Fsp3) is 0.286. The van der Waals surface area contributed by atoms with E-state index in [1.807, 2.05) is 60.1 Å². The molecule has 0 saturated heterocycles. The lowest BCUT2D eigenvalue weighted by Gasteiger charge is -2.20. The third-order valence-corrected chi connectivity index (χ3v) is 5.05. The van der Waals surface area contributed by atoms with Crippen LogP contribution in [-0.4, -0.2) is 21.1 Å². The number of fused-ring (bicyclic) bond motifs is 1. The van der Waals surface area contributed by atoms with E-state index in [2.05, 4.69) is 5.32 Å². The van der Waals surface area contributed by atoms with Gasteiger partial charge in [-0.1, -0.05) is 24.3 Å². The van der Waals surface area contributed by atoms with Gasteiger partial charge in [0, 0.05) is 36.7 Å². The van der Waals surface area contributed by atoms with Crippen molar-refractivity contribution in [2.45, 2.75) is 32.6 Å². The molecule has 0 aliphatic heterocycles. The molecule has 1 aliphatic carbocycles. The Bertz CT molecular complexity index is 980. The summed E-state index contributed by atoms with van der Waals surface area (Å²) in [7, 11) is 0. The van der Waals surface area contributed by atoms with Crippen molar-refractivity contribution in [3.8, 4) is 11.3 Å². The van der Waals surface area contributed by atoms with Gasteiger partial charge in [-0.15, -0.1) is 0 Å². The van der Waals surface area contributed by atoms with E-state index in [9.17, 15) is 9.59 Å². The standard InChI is InChI=1S/C21H21N3O2/c1-14-5-4-12-24-13-19(22-20(14)24)17-6-2-3-7-18(17)23-21(26)15-8-10-16(25)11-9-15/h2-7,12-13,15H,8-11H2,1H3,(H,23,26). The molecule has 4 rings (SSSR count). The lowest BCUT2D eigenvalue weighted by atomic mass is 9.88. The number of amides is 1. The van der Waals surface area contributed by atoms with Gasteiger partial charge in [0.25, 0.3) is 0 Å². The SMILES string of the molecule is Cc1cccn2cc(-c3ccccc3NC(=O)C3CCC(=O)CC3)nc12. The first-order chi connectivity index (χ1) is 12.6. The highest BCUT2D eigenvalue weighted by molar-refractivity contribution is 5.97. The largest absolute Gasteiger partial charge is 0.325 e. The number of pyridine rings is 1. The van der Waals surface area contributed by atoms with Crippen LogP contribution < -0.4 is 5.32 Å². The molecular formula is C21H21N3O2. The van der Waals surface area contributed by atoms with Crippen LogP contribution in [0.2, 0.25) is 0 Å². The molecule has 26 heavy (non-hydrogen) atoms. The van der Waals surface area contributed by atoms with E-state index in [0.717, 1.165) is 28.2 Å². The number of imidazole rings is 1. The van der Waals surface area contributed by atoms with Crippen molar-refractivity contribution in [1.82, 2.24) is 9.38 Å². The third kappa shape index (κ3) is 3.12. The molecule has 1 fully saturated rings. The molecule has 5 heteroatoms. The second kappa shape index (κ2) is 6.75. The molecule has 2 aromatic heterocycles. The minimum Gasteiger partial charge on any atom is -0.325 e. The summed E-state index contributed by atoms with van der Waals surface area (Å²) in [5.74, 6) is 0.156. The summed E-state index contributed by atoms with van der Waals surface area (Å²) < 4.78 is 2.00. The minimum absolute atomic E-state index is 0.00936. The van der Waals surface area contributed by atoms with Gasteiger partial charge in [-0.2, -0.15) is 0 Å². The van der Waals surface area contributed by atoms with Crippen LogP contribution >= 0.6 is 0 Å². The van der Waals surface area contributed by atoms with Gasteiger partial charge in [0.15, 0.2) is 0 Å². The van der Waals surface area contributed by atoms with Crippen LogP contribution in [0.15, 0.2) is 48.8 Å². The summed E-state index contributed by atoms with van der Waals surface area (Å²) in [4.78, 5) is 28.8. The van der Waals surface area contributed by atoms with Gasteiger partial charge >= 0.3 is 0 Å². The highest BCUT2D eigenvalue weighted by Gasteiger charge is 2.25. The number of nitrogens with zero attached hydrogens (tertiary/aromatic N) is 2. The first-order valence-corrected chi connectivity index (χ1v) is 8.98. The molecule has 0 bridgehead atoms. The Morgan fingerprint density at radius 3 is 2.69 bits per heavy atom. The Labute approximate surface area is 152 Å². The Hall–Kier alpha value is -2.95. The zero-order valence-electron chi connectivity index (χ0n) is 14.7. The average molecular weight is 347 g/mol. The maximum absolute atomic E-state index is 12.6. The van der Waals surface area contributed by atoms with E-state index in [-0.39, 0.29) is 17.6 Å². The predicted octanol–water partition coefficient (Wildman–Crippen LogP) is 4.01. The molecule has 5 nitrogen and oxygen atoms in total. The number of nitrogens with one attached hydrogen (secondary N) is 1. The molecule has 0 radical (unpaired) electrons. The molecule has 1 amide bonds. The van der Waals surface area contributed by atoms with E-state index >= 15 is 0 Å². The van der Waals surface area contributed by atoms with Gasteiger partial charge < -0.3 is 9.72 Å². The van der Waals surface area contributed by atoms with Crippen LogP contribution in [0, 0.1) is 12.8 Å². The second-order valence-electron chi connectivity index (χ2n) is 6.90. The number of aromatic nitrogens is 2. The number of benzene rings is 1. The zero-order valence-corrected chi connectivity index (χ0v) is 14.7. The van der Waals surface area contributed by atoms with E-state index in [1.165, 1.54) is 0 Å². The molecule has 1 aliphatic rings. The van der Waals surface area contributed by atoms with Crippen LogP contribution in [0.3, 0.4) is 0 Å². The summed E-state index contributed by atoms with van der Waals surface area (Å²) >= 11 is 0. The smallest absolute Gasteiger partial charge is 0.227 e. The molecular weight excluding hydrogens is 326 g/mol. The van der Waals surface area contributed by atoms with Crippen molar-refractivity contribution in [3.63, 3.8) is 0 Å². The molecule has 0 unspecified atom stereocenters. The number of Topliss-reactive ketones (excluding diaryl/α,β-unsaturated/α-hetero) is 1. The highest BCUT2D eigenvalue weighted by atomic mass is 16.2. The second-order valence-corrected chi connectivity index (χ2v) is 6.90. The van der Waals surface area contributed by atoms with Gasteiger partial charge in [0.2, 0.25) is 5.91 Å². The maximum atomic E-state index is 12.6.